The van der Waals surface area contributed by atoms with E-state index in [9.17, 15) is 4.79 Å². The first kappa shape index (κ1) is 18.2. The van der Waals surface area contributed by atoms with Crippen LogP contribution in [-0.2, 0) is 9.53 Å². The molecule has 3 rings (SSSR count). The van der Waals surface area contributed by atoms with Crippen LogP contribution in [0, 0.1) is 18.8 Å². The summed E-state index contributed by atoms with van der Waals surface area (Å²) in [5.74, 6) is 1.76. The maximum atomic E-state index is 12.3. The van der Waals surface area contributed by atoms with Crippen molar-refractivity contribution in [2.24, 2.45) is 17.6 Å². The number of benzene rings is 1. The predicted octanol–water partition coefficient (Wildman–Crippen LogP) is 3.26. The lowest BCUT2D eigenvalue weighted by Crippen LogP contribution is -2.28. The number of carbonyl (C=O) groups excluding carboxylic acids is 1. The van der Waals surface area contributed by atoms with Gasteiger partial charge in [-0.3, -0.25) is 4.79 Å². The normalized spacial score (nSPS) is 24.2. The van der Waals surface area contributed by atoms with E-state index in [4.69, 9.17) is 15.2 Å². The van der Waals surface area contributed by atoms with E-state index in [0.29, 0.717) is 24.9 Å². The van der Waals surface area contributed by atoms with Gasteiger partial charge in [0.05, 0.1) is 6.61 Å². The fourth-order valence-corrected chi connectivity index (χ4v) is 3.72. The Labute approximate surface area is 150 Å². The smallest absolute Gasteiger partial charge is 0.224 e. The number of carbonyl (C=O) groups is 1. The van der Waals surface area contributed by atoms with Crippen LogP contribution in [-0.4, -0.2) is 31.8 Å². The fraction of sp³-hybridized carbons (Fsp3) is 0.650. The number of anilines is 1. The second-order valence-corrected chi connectivity index (χ2v) is 7.45. The SMILES string of the molecule is Cc1ccc(NC(=O)C[C@@H]2CCC[C@H]2N)cc1OCC1CCOCC1. The molecule has 138 valence electrons. The number of rotatable bonds is 6. The van der Waals surface area contributed by atoms with Gasteiger partial charge in [0.15, 0.2) is 0 Å². The van der Waals surface area contributed by atoms with E-state index in [1.165, 1.54) is 0 Å². The maximum Gasteiger partial charge on any atom is 0.224 e. The molecule has 1 aliphatic heterocycles. The molecule has 2 fully saturated rings. The molecule has 0 unspecified atom stereocenters. The molecule has 1 saturated carbocycles. The van der Waals surface area contributed by atoms with Gasteiger partial charge in [0.2, 0.25) is 5.91 Å². The van der Waals surface area contributed by atoms with Crippen molar-refractivity contribution in [1.29, 1.82) is 0 Å². The van der Waals surface area contributed by atoms with Gasteiger partial charge in [-0.1, -0.05) is 12.5 Å². The van der Waals surface area contributed by atoms with Gasteiger partial charge < -0.3 is 20.5 Å². The Morgan fingerprint density at radius 1 is 1.28 bits per heavy atom. The molecule has 1 aromatic carbocycles. The van der Waals surface area contributed by atoms with Gasteiger partial charge >= 0.3 is 0 Å². The van der Waals surface area contributed by atoms with Crippen molar-refractivity contribution >= 4 is 11.6 Å². The van der Waals surface area contributed by atoms with Crippen molar-refractivity contribution in [2.75, 3.05) is 25.1 Å². The lowest BCUT2D eigenvalue weighted by molar-refractivity contribution is -0.117. The molecule has 1 saturated heterocycles. The standard InChI is InChI=1S/C20H30N2O3/c1-14-5-6-17(22-20(23)11-16-3-2-4-18(16)21)12-19(14)25-13-15-7-9-24-10-8-15/h5-6,12,15-16,18H,2-4,7-11,13,21H2,1H3,(H,22,23)/t16-,18+/m0/s1. The van der Waals surface area contributed by atoms with E-state index in [-0.39, 0.29) is 11.9 Å². The Balaban J connectivity index is 1.53. The largest absolute Gasteiger partial charge is 0.493 e. The lowest BCUT2D eigenvalue weighted by atomic mass is 10.00. The van der Waals surface area contributed by atoms with Crippen LogP contribution in [0.25, 0.3) is 0 Å². The Bertz CT molecular complexity index is 584. The highest BCUT2D eigenvalue weighted by Crippen LogP contribution is 2.28. The van der Waals surface area contributed by atoms with Crippen molar-refractivity contribution in [1.82, 2.24) is 0 Å². The highest BCUT2D eigenvalue weighted by molar-refractivity contribution is 5.91. The van der Waals surface area contributed by atoms with Crippen molar-refractivity contribution in [2.45, 2.75) is 51.5 Å². The summed E-state index contributed by atoms with van der Waals surface area (Å²) in [7, 11) is 0. The van der Waals surface area contributed by atoms with Crippen LogP contribution in [0.15, 0.2) is 18.2 Å². The number of hydrogen-bond acceptors (Lipinski definition) is 4. The van der Waals surface area contributed by atoms with Crippen LogP contribution in [0.3, 0.4) is 0 Å². The zero-order chi connectivity index (χ0) is 17.6. The Hall–Kier alpha value is -1.59. The molecule has 0 spiro atoms. The van der Waals surface area contributed by atoms with E-state index in [1.54, 1.807) is 0 Å². The first-order valence-corrected chi connectivity index (χ1v) is 9.48. The van der Waals surface area contributed by atoms with Crippen LogP contribution in [0.1, 0.15) is 44.1 Å². The van der Waals surface area contributed by atoms with Crippen molar-refractivity contribution in [3.8, 4) is 5.75 Å². The van der Waals surface area contributed by atoms with Gasteiger partial charge in [-0.15, -0.1) is 0 Å². The summed E-state index contributed by atoms with van der Waals surface area (Å²) in [4.78, 5) is 12.3. The zero-order valence-corrected chi connectivity index (χ0v) is 15.1. The minimum atomic E-state index is 0.0431. The van der Waals surface area contributed by atoms with Gasteiger partial charge in [-0.25, -0.2) is 0 Å². The minimum Gasteiger partial charge on any atom is -0.493 e. The summed E-state index contributed by atoms with van der Waals surface area (Å²) >= 11 is 0. The van der Waals surface area contributed by atoms with Crippen molar-refractivity contribution in [3.05, 3.63) is 23.8 Å². The van der Waals surface area contributed by atoms with Gasteiger partial charge in [0.1, 0.15) is 5.75 Å². The second-order valence-electron chi connectivity index (χ2n) is 7.45. The highest BCUT2D eigenvalue weighted by atomic mass is 16.5. The molecule has 0 bridgehead atoms. The molecule has 0 radical (unpaired) electrons. The molecule has 5 nitrogen and oxygen atoms in total. The lowest BCUT2D eigenvalue weighted by Gasteiger charge is -2.22. The first-order valence-electron chi connectivity index (χ1n) is 9.48. The number of nitrogens with one attached hydrogen (secondary N) is 1. The first-order chi connectivity index (χ1) is 12.1. The minimum absolute atomic E-state index is 0.0431. The summed E-state index contributed by atoms with van der Waals surface area (Å²) < 4.78 is 11.4. The fourth-order valence-electron chi connectivity index (χ4n) is 3.72. The van der Waals surface area contributed by atoms with Crippen molar-refractivity contribution < 1.29 is 14.3 Å². The van der Waals surface area contributed by atoms with E-state index in [1.807, 2.05) is 25.1 Å². The Morgan fingerprint density at radius 3 is 2.80 bits per heavy atom. The van der Waals surface area contributed by atoms with Crippen LogP contribution >= 0.6 is 0 Å². The third-order valence-corrected chi connectivity index (χ3v) is 5.45. The maximum absolute atomic E-state index is 12.3. The van der Waals surface area contributed by atoms with Gasteiger partial charge in [0, 0.05) is 37.4 Å². The molecule has 1 aliphatic carbocycles. The van der Waals surface area contributed by atoms with Gasteiger partial charge in [-0.2, -0.15) is 0 Å². The molecule has 1 heterocycles. The van der Waals surface area contributed by atoms with Crippen LogP contribution < -0.4 is 15.8 Å². The summed E-state index contributed by atoms with van der Waals surface area (Å²) in [5.41, 5.74) is 7.95. The quantitative estimate of drug-likeness (QED) is 0.829. The molecular formula is C20H30N2O3. The molecule has 2 aliphatic rings. The Morgan fingerprint density at radius 2 is 2.08 bits per heavy atom. The number of ether oxygens (including phenoxy) is 2. The molecule has 0 aromatic heterocycles. The number of amides is 1. The average molecular weight is 346 g/mol. The second kappa shape index (κ2) is 8.68. The van der Waals surface area contributed by atoms with Crippen LogP contribution in [0.5, 0.6) is 5.75 Å². The number of aryl methyl sites for hydroxylation is 1. The molecular weight excluding hydrogens is 316 g/mol. The third-order valence-electron chi connectivity index (χ3n) is 5.45. The predicted molar refractivity (Wildman–Crippen MR) is 98.8 cm³/mol. The monoisotopic (exact) mass is 346 g/mol. The average Bonchev–Trinajstić information content (AvgIpc) is 3.01. The number of nitrogens with two attached hydrogens (primary N) is 1. The molecule has 3 N–H and O–H groups in total. The molecule has 25 heavy (non-hydrogen) atoms. The number of hydrogen-bond donors (Lipinski definition) is 2. The van der Waals surface area contributed by atoms with E-state index >= 15 is 0 Å². The zero-order valence-electron chi connectivity index (χ0n) is 15.1. The van der Waals surface area contributed by atoms with Crippen LogP contribution in [0.2, 0.25) is 0 Å². The van der Waals surface area contributed by atoms with E-state index in [2.05, 4.69) is 5.32 Å². The van der Waals surface area contributed by atoms with Gasteiger partial charge in [0.25, 0.3) is 0 Å². The summed E-state index contributed by atoms with van der Waals surface area (Å²) in [6.07, 6.45) is 5.84. The summed E-state index contributed by atoms with van der Waals surface area (Å²) in [6, 6.07) is 6.03. The summed E-state index contributed by atoms with van der Waals surface area (Å²) in [6.45, 7) is 4.39. The molecule has 2 atom stereocenters. The van der Waals surface area contributed by atoms with E-state index < -0.39 is 0 Å². The third kappa shape index (κ3) is 5.19. The molecule has 1 amide bonds. The van der Waals surface area contributed by atoms with Crippen LogP contribution in [0.4, 0.5) is 5.69 Å². The van der Waals surface area contributed by atoms with Gasteiger partial charge in [-0.05, 0) is 56.1 Å². The summed E-state index contributed by atoms with van der Waals surface area (Å²) in [5, 5.41) is 3.00. The van der Waals surface area contributed by atoms with Crippen molar-refractivity contribution in [3.63, 3.8) is 0 Å². The molecule has 1 aromatic rings. The van der Waals surface area contributed by atoms with E-state index in [0.717, 1.165) is 62.3 Å². The topological polar surface area (TPSA) is 73.6 Å². The highest BCUT2D eigenvalue weighted by Gasteiger charge is 2.26. The molecule has 5 heteroatoms. The Kier molecular flexibility index (Phi) is 6.32.